The van der Waals surface area contributed by atoms with E-state index in [4.69, 9.17) is 5.73 Å². The Morgan fingerprint density at radius 1 is 1.38 bits per heavy atom. The van der Waals surface area contributed by atoms with Crippen molar-refractivity contribution in [3.8, 4) is 0 Å². The lowest BCUT2D eigenvalue weighted by atomic mass is 9.85. The zero-order chi connectivity index (χ0) is 12.1. The summed E-state index contributed by atoms with van der Waals surface area (Å²) in [7, 11) is 0. The van der Waals surface area contributed by atoms with Crippen LogP contribution >= 0.6 is 0 Å². The zero-order valence-corrected chi connectivity index (χ0v) is 10.0. The lowest BCUT2D eigenvalue weighted by Gasteiger charge is -2.28. The van der Waals surface area contributed by atoms with Crippen molar-refractivity contribution in [1.82, 2.24) is 5.32 Å². The highest BCUT2D eigenvalue weighted by Gasteiger charge is 2.28. The van der Waals surface area contributed by atoms with E-state index in [-0.39, 0.29) is 11.9 Å². The Morgan fingerprint density at radius 3 is 2.56 bits per heavy atom. The minimum Gasteiger partial charge on any atom is -0.351 e. The van der Waals surface area contributed by atoms with Crippen molar-refractivity contribution < 1.29 is 14.9 Å². The van der Waals surface area contributed by atoms with Crippen LogP contribution in [-0.4, -0.2) is 24.0 Å². The standard InChI is InChI=1S/C11H21N3O2/c1-7-5-3-4-6-9(7)13-8(2)10(15)14-11(12)16/h7-9,13H,3-6H2,1-2H3,(H3,12,14,15,16)/p+1/t7-,8+,9+/m1/s1. The molecule has 0 spiro atoms. The monoisotopic (exact) mass is 228 g/mol. The predicted octanol–water partition coefficient (Wildman–Crippen LogP) is -0.288. The van der Waals surface area contributed by atoms with E-state index >= 15 is 0 Å². The van der Waals surface area contributed by atoms with Gasteiger partial charge in [-0.25, -0.2) is 4.79 Å². The molecule has 3 atom stereocenters. The van der Waals surface area contributed by atoms with Gasteiger partial charge in [-0.1, -0.05) is 13.3 Å². The molecule has 1 fully saturated rings. The Bertz CT molecular complexity index is 268. The number of carbonyl (C=O) groups is 2. The van der Waals surface area contributed by atoms with Crippen LogP contribution in [0.5, 0.6) is 0 Å². The highest BCUT2D eigenvalue weighted by atomic mass is 16.2. The lowest BCUT2D eigenvalue weighted by molar-refractivity contribution is -0.714. The first kappa shape index (κ1) is 13.0. The Labute approximate surface area is 96.1 Å². The molecule has 0 radical (unpaired) electrons. The molecule has 0 aromatic carbocycles. The molecule has 0 bridgehead atoms. The number of amides is 3. The number of carbonyl (C=O) groups excluding carboxylic acids is 2. The maximum atomic E-state index is 11.5. The van der Waals surface area contributed by atoms with Gasteiger partial charge in [0.05, 0.1) is 6.04 Å². The van der Waals surface area contributed by atoms with Gasteiger partial charge in [-0.05, 0) is 26.2 Å². The molecule has 5 nitrogen and oxygen atoms in total. The van der Waals surface area contributed by atoms with E-state index in [2.05, 4.69) is 17.6 Å². The molecule has 0 aromatic heterocycles. The molecule has 1 aliphatic rings. The van der Waals surface area contributed by atoms with Crippen molar-refractivity contribution in [1.29, 1.82) is 0 Å². The number of rotatable bonds is 3. The molecule has 1 saturated carbocycles. The van der Waals surface area contributed by atoms with Gasteiger partial charge >= 0.3 is 6.03 Å². The molecule has 0 aliphatic heterocycles. The van der Waals surface area contributed by atoms with Crippen molar-refractivity contribution >= 4 is 11.9 Å². The maximum Gasteiger partial charge on any atom is 0.319 e. The van der Waals surface area contributed by atoms with Crippen LogP contribution in [0.15, 0.2) is 0 Å². The highest BCUT2D eigenvalue weighted by Crippen LogP contribution is 2.21. The Hall–Kier alpha value is -1.10. The van der Waals surface area contributed by atoms with Crippen LogP contribution in [0.2, 0.25) is 0 Å². The van der Waals surface area contributed by atoms with Crippen molar-refractivity contribution in [3.63, 3.8) is 0 Å². The van der Waals surface area contributed by atoms with E-state index in [9.17, 15) is 9.59 Å². The summed E-state index contributed by atoms with van der Waals surface area (Å²) in [6.45, 7) is 4.03. The molecule has 5 N–H and O–H groups in total. The van der Waals surface area contributed by atoms with E-state index in [0.717, 1.165) is 6.42 Å². The second kappa shape index (κ2) is 5.84. The fourth-order valence-corrected chi connectivity index (χ4v) is 2.32. The third-order valence-electron chi connectivity index (χ3n) is 3.37. The first-order chi connectivity index (χ1) is 7.50. The van der Waals surface area contributed by atoms with E-state index in [1.54, 1.807) is 6.92 Å². The third kappa shape index (κ3) is 3.81. The van der Waals surface area contributed by atoms with E-state index in [1.807, 2.05) is 0 Å². The molecule has 5 heteroatoms. The smallest absolute Gasteiger partial charge is 0.319 e. The van der Waals surface area contributed by atoms with Crippen molar-refractivity contribution in [3.05, 3.63) is 0 Å². The van der Waals surface area contributed by atoms with Crippen LogP contribution in [0, 0.1) is 5.92 Å². The molecule has 0 saturated heterocycles. The highest BCUT2D eigenvalue weighted by molar-refractivity contribution is 5.95. The number of hydrogen-bond acceptors (Lipinski definition) is 2. The summed E-state index contributed by atoms with van der Waals surface area (Å²) < 4.78 is 0. The largest absolute Gasteiger partial charge is 0.351 e. The average Bonchev–Trinajstić information content (AvgIpc) is 2.20. The van der Waals surface area contributed by atoms with Gasteiger partial charge in [-0.15, -0.1) is 0 Å². The normalized spacial score (nSPS) is 27.1. The molecule has 0 aromatic rings. The van der Waals surface area contributed by atoms with Crippen molar-refractivity contribution in [2.45, 2.75) is 51.6 Å². The van der Waals surface area contributed by atoms with Crippen LogP contribution in [0.1, 0.15) is 39.5 Å². The number of imide groups is 1. The van der Waals surface area contributed by atoms with Gasteiger partial charge in [0.2, 0.25) is 0 Å². The quantitative estimate of drug-likeness (QED) is 0.620. The summed E-state index contributed by atoms with van der Waals surface area (Å²) in [6.07, 6.45) is 4.89. The first-order valence-electron chi connectivity index (χ1n) is 5.96. The zero-order valence-electron chi connectivity index (χ0n) is 10.0. The fraction of sp³-hybridized carbons (Fsp3) is 0.818. The van der Waals surface area contributed by atoms with Gasteiger partial charge in [0.15, 0.2) is 6.04 Å². The summed E-state index contributed by atoms with van der Waals surface area (Å²) >= 11 is 0. The minimum atomic E-state index is -0.776. The molecule has 1 aliphatic carbocycles. The van der Waals surface area contributed by atoms with Gasteiger partial charge in [0.25, 0.3) is 5.91 Å². The van der Waals surface area contributed by atoms with Gasteiger partial charge in [0, 0.05) is 5.92 Å². The number of nitrogens with two attached hydrogens (primary N) is 2. The van der Waals surface area contributed by atoms with Crippen molar-refractivity contribution in [2.24, 2.45) is 11.7 Å². The number of quaternary nitrogens is 1. The number of primary amides is 1. The lowest BCUT2D eigenvalue weighted by Crippen LogP contribution is -2.98. The van der Waals surface area contributed by atoms with E-state index in [1.165, 1.54) is 19.3 Å². The van der Waals surface area contributed by atoms with E-state index in [0.29, 0.717) is 12.0 Å². The molecule has 92 valence electrons. The third-order valence-corrected chi connectivity index (χ3v) is 3.37. The van der Waals surface area contributed by atoms with Crippen LogP contribution < -0.4 is 16.4 Å². The van der Waals surface area contributed by atoms with Crippen molar-refractivity contribution in [2.75, 3.05) is 0 Å². The maximum absolute atomic E-state index is 11.5. The van der Waals surface area contributed by atoms with Gasteiger partial charge in [0.1, 0.15) is 0 Å². The molecule has 16 heavy (non-hydrogen) atoms. The first-order valence-corrected chi connectivity index (χ1v) is 5.96. The number of nitrogens with one attached hydrogen (secondary N) is 1. The van der Waals surface area contributed by atoms with E-state index < -0.39 is 6.03 Å². The summed E-state index contributed by atoms with van der Waals surface area (Å²) in [5, 5.41) is 4.17. The van der Waals surface area contributed by atoms with Crippen LogP contribution in [0.25, 0.3) is 0 Å². The summed E-state index contributed by atoms with van der Waals surface area (Å²) in [5.41, 5.74) is 4.91. The minimum absolute atomic E-state index is 0.252. The fourth-order valence-electron chi connectivity index (χ4n) is 2.32. The van der Waals surface area contributed by atoms with Gasteiger partial charge in [-0.3, -0.25) is 10.1 Å². The molecule has 0 unspecified atom stereocenters. The molecule has 0 heterocycles. The Balaban J connectivity index is 2.40. The average molecular weight is 228 g/mol. The Kier molecular flexibility index (Phi) is 4.73. The van der Waals surface area contributed by atoms with Crippen LogP contribution in [0.3, 0.4) is 0 Å². The van der Waals surface area contributed by atoms with Gasteiger partial charge < -0.3 is 11.1 Å². The topological polar surface area (TPSA) is 88.8 Å². The predicted molar refractivity (Wildman–Crippen MR) is 60.5 cm³/mol. The Morgan fingerprint density at radius 2 is 2.00 bits per heavy atom. The summed E-state index contributed by atoms with van der Waals surface area (Å²) in [6, 6.07) is -0.539. The number of urea groups is 1. The summed E-state index contributed by atoms with van der Waals surface area (Å²) in [4.78, 5) is 22.0. The van der Waals surface area contributed by atoms with Crippen LogP contribution in [-0.2, 0) is 4.79 Å². The van der Waals surface area contributed by atoms with Gasteiger partial charge in [-0.2, -0.15) is 0 Å². The molecular weight excluding hydrogens is 206 g/mol. The number of hydrogen-bond donors (Lipinski definition) is 3. The molecule has 1 rings (SSSR count). The second-order valence-electron chi connectivity index (χ2n) is 4.76. The molecular formula is C11H22N3O2+. The second-order valence-corrected chi connectivity index (χ2v) is 4.76. The SMILES string of the molecule is C[C@H]([NH2+][C@H]1CCCC[C@H]1C)C(=O)NC(N)=O. The van der Waals surface area contributed by atoms with Crippen LogP contribution in [0.4, 0.5) is 4.79 Å². The summed E-state index contributed by atoms with van der Waals surface area (Å²) in [5.74, 6) is 0.336. The molecule has 3 amide bonds.